The van der Waals surface area contributed by atoms with Gasteiger partial charge in [-0.3, -0.25) is 4.79 Å². The quantitative estimate of drug-likeness (QED) is 0.626. The molecule has 0 bridgehead atoms. The number of allylic oxidation sites excluding steroid dienone is 2. The monoisotopic (exact) mass is 278 g/mol. The van der Waals surface area contributed by atoms with Crippen molar-refractivity contribution < 1.29 is 9.53 Å². The highest BCUT2D eigenvalue weighted by Gasteiger charge is 2.40. The minimum atomic E-state index is 0.0412. The summed E-state index contributed by atoms with van der Waals surface area (Å²) in [5.41, 5.74) is 2.75. The van der Waals surface area contributed by atoms with Crippen LogP contribution < -0.4 is 0 Å². The van der Waals surface area contributed by atoms with Gasteiger partial charge in [-0.25, -0.2) is 0 Å². The minimum Gasteiger partial charge on any atom is -0.373 e. The molecular formula is C19H18O2. The maximum atomic E-state index is 12.2. The molecule has 1 aromatic carbocycles. The van der Waals surface area contributed by atoms with Crippen molar-refractivity contribution in [2.24, 2.45) is 5.92 Å². The van der Waals surface area contributed by atoms with E-state index in [1.54, 1.807) is 0 Å². The van der Waals surface area contributed by atoms with E-state index in [-0.39, 0.29) is 17.8 Å². The molecule has 1 aromatic rings. The molecule has 2 aliphatic rings. The third-order valence-corrected chi connectivity index (χ3v) is 4.02. The van der Waals surface area contributed by atoms with Crippen LogP contribution in [-0.4, -0.2) is 18.5 Å². The van der Waals surface area contributed by atoms with Crippen LogP contribution in [0, 0.1) is 17.8 Å². The van der Waals surface area contributed by atoms with Crippen molar-refractivity contribution in [2.45, 2.75) is 25.4 Å². The number of ether oxygens (including phenoxy) is 1. The van der Waals surface area contributed by atoms with Gasteiger partial charge in [-0.1, -0.05) is 36.1 Å². The number of hydrogen-bond acceptors (Lipinski definition) is 2. The summed E-state index contributed by atoms with van der Waals surface area (Å²) >= 11 is 0. The van der Waals surface area contributed by atoms with Crippen molar-refractivity contribution in [1.82, 2.24) is 0 Å². The summed E-state index contributed by atoms with van der Waals surface area (Å²) in [5, 5.41) is 0. The Balaban J connectivity index is 1.90. The van der Waals surface area contributed by atoms with Gasteiger partial charge in [0.15, 0.2) is 5.78 Å². The van der Waals surface area contributed by atoms with Crippen molar-refractivity contribution in [3.8, 4) is 11.8 Å². The summed E-state index contributed by atoms with van der Waals surface area (Å²) in [7, 11) is 0. The molecule has 1 heterocycles. The summed E-state index contributed by atoms with van der Waals surface area (Å²) in [4.78, 5) is 12.2. The molecule has 0 saturated carbocycles. The highest BCUT2D eigenvalue weighted by molar-refractivity contribution is 6.03. The van der Waals surface area contributed by atoms with E-state index >= 15 is 0 Å². The van der Waals surface area contributed by atoms with Crippen LogP contribution in [0.3, 0.4) is 0 Å². The van der Waals surface area contributed by atoms with Gasteiger partial charge in [-0.2, -0.15) is 0 Å². The first-order valence-corrected chi connectivity index (χ1v) is 7.36. The number of Topliss-reactive ketones (excluding diaryl/α,β-unsaturated/α-hetero) is 1. The van der Waals surface area contributed by atoms with E-state index in [2.05, 4.69) is 18.4 Å². The third kappa shape index (κ3) is 2.84. The van der Waals surface area contributed by atoms with Gasteiger partial charge in [0.25, 0.3) is 0 Å². The van der Waals surface area contributed by atoms with Gasteiger partial charge in [-0.05, 0) is 30.5 Å². The normalized spacial score (nSPS) is 23.7. The number of benzene rings is 1. The van der Waals surface area contributed by atoms with Gasteiger partial charge in [0.05, 0.1) is 18.3 Å². The molecule has 2 nitrogen and oxygen atoms in total. The van der Waals surface area contributed by atoms with Gasteiger partial charge < -0.3 is 4.74 Å². The standard InChI is InChI=1S/C19H18O2/c1-2-3-9-18-19-15(13-21-18)12-17(20)16(19)11-10-14-7-5-4-6-8-14/h2,4-8,15,18H,1,3,9,12-13H2/t15-,18+/m0/s1. The zero-order valence-corrected chi connectivity index (χ0v) is 12.0. The van der Waals surface area contributed by atoms with Crippen molar-refractivity contribution >= 4 is 5.78 Å². The molecule has 2 heteroatoms. The molecule has 1 aliphatic carbocycles. The van der Waals surface area contributed by atoms with Crippen LogP contribution in [0.2, 0.25) is 0 Å². The summed E-state index contributed by atoms with van der Waals surface area (Å²) in [5.74, 6) is 6.62. The summed E-state index contributed by atoms with van der Waals surface area (Å²) < 4.78 is 5.83. The number of carbonyl (C=O) groups is 1. The molecule has 0 N–H and O–H groups in total. The van der Waals surface area contributed by atoms with Crippen LogP contribution in [0.4, 0.5) is 0 Å². The van der Waals surface area contributed by atoms with E-state index in [1.165, 1.54) is 0 Å². The first kappa shape index (κ1) is 13.9. The van der Waals surface area contributed by atoms with Gasteiger partial charge in [0.1, 0.15) is 0 Å². The molecule has 2 atom stereocenters. The summed E-state index contributed by atoms with van der Waals surface area (Å²) in [6.07, 6.45) is 4.27. The van der Waals surface area contributed by atoms with Crippen molar-refractivity contribution in [3.05, 3.63) is 59.7 Å². The lowest BCUT2D eigenvalue weighted by Gasteiger charge is -2.10. The van der Waals surface area contributed by atoms with E-state index in [9.17, 15) is 4.79 Å². The molecule has 0 spiro atoms. The smallest absolute Gasteiger partial charge is 0.172 e. The van der Waals surface area contributed by atoms with E-state index in [0.717, 1.165) is 24.0 Å². The molecule has 106 valence electrons. The maximum absolute atomic E-state index is 12.2. The SMILES string of the molecule is C=CCC[C@H]1OC[C@@H]2CC(=O)C(C#Cc3ccccc3)=C21. The van der Waals surface area contributed by atoms with Gasteiger partial charge >= 0.3 is 0 Å². The molecule has 21 heavy (non-hydrogen) atoms. The molecule has 0 aromatic heterocycles. The number of fused-ring (bicyclic) bond motifs is 1. The average Bonchev–Trinajstić information content (AvgIpc) is 3.03. The third-order valence-electron chi connectivity index (χ3n) is 4.02. The topological polar surface area (TPSA) is 26.3 Å². The van der Waals surface area contributed by atoms with E-state index in [4.69, 9.17) is 4.74 Å². The molecule has 0 amide bonds. The Labute approximate surface area is 125 Å². The van der Waals surface area contributed by atoms with Gasteiger partial charge in [0.2, 0.25) is 0 Å². The highest BCUT2D eigenvalue weighted by atomic mass is 16.5. The second-order valence-corrected chi connectivity index (χ2v) is 5.46. The first-order chi connectivity index (χ1) is 10.3. The molecule has 1 fully saturated rings. The number of carbonyl (C=O) groups excluding carboxylic acids is 1. The Morgan fingerprint density at radius 2 is 2.10 bits per heavy atom. The lowest BCUT2D eigenvalue weighted by Crippen LogP contribution is -2.09. The fourth-order valence-corrected chi connectivity index (χ4v) is 3.00. The Hall–Kier alpha value is -2.11. The Kier molecular flexibility index (Phi) is 4.03. The first-order valence-electron chi connectivity index (χ1n) is 7.36. The fraction of sp³-hybridized carbons (Fsp3) is 0.316. The lowest BCUT2D eigenvalue weighted by molar-refractivity contribution is -0.115. The molecule has 0 unspecified atom stereocenters. The van der Waals surface area contributed by atoms with E-state index in [0.29, 0.717) is 18.6 Å². The zero-order chi connectivity index (χ0) is 14.7. The van der Waals surface area contributed by atoms with E-state index < -0.39 is 0 Å². The number of ketones is 1. The Morgan fingerprint density at radius 1 is 1.29 bits per heavy atom. The number of rotatable bonds is 3. The number of hydrogen-bond donors (Lipinski definition) is 0. The molecule has 1 aliphatic heterocycles. The summed E-state index contributed by atoms with van der Waals surface area (Å²) in [6.45, 7) is 4.40. The molecule has 3 rings (SSSR count). The summed E-state index contributed by atoms with van der Waals surface area (Å²) in [6, 6.07) is 9.77. The average molecular weight is 278 g/mol. The van der Waals surface area contributed by atoms with Crippen LogP contribution >= 0.6 is 0 Å². The molecule has 1 saturated heterocycles. The van der Waals surface area contributed by atoms with Crippen LogP contribution in [-0.2, 0) is 9.53 Å². The van der Waals surface area contributed by atoms with Gasteiger partial charge in [-0.15, -0.1) is 6.58 Å². The Morgan fingerprint density at radius 3 is 2.86 bits per heavy atom. The van der Waals surface area contributed by atoms with Crippen LogP contribution in [0.5, 0.6) is 0 Å². The largest absolute Gasteiger partial charge is 0.373 e. The minimum absolute atomic E-state index is 0.0412. The fourth-order valence-electron chi connectivity index (χ4n) is 3.00. The lowest BCUT2D eigenvalue weighted by atomic mass is 9.96. The van der Waals surface area contributed by atoms with Crippen molar-refractivity contribution in [1.29, 1.82) is 0 Å². The highest BCUT2D eigenvalue weighted by Crippen LogP contribution is 2.39. The van der Waals surface area contributed by atoms with Gasteiger partial charge in [0, 0.05) is 17.9 Å². The van der Waals surface area contributed by atoms with E-state index in [1.807, 2.05) is 36.4 Å². The predicted octanol–water partition coefficient (Wildman–Crippen LogP) is 3.29. The van der Waals surface area contributed by atoms with Crippen LogP contribution in [0.15, 0.2) is 54.1 Å². The second kappa shape index (κ2) is 6.11. The predicted molar refractivity (Wildman–Crippen MR) is 82.6 cm³/mol. The second-order valence-electron chi connectivity index (χ2n) is 5.46. The zero-order valence-electron chi connectivity index (χ0n) is 12.0. The maximum Gasteiger partial charge on any atom is 0.172 e. The Bertz CT molecular complexity index is 643. The molecular weight excluding hydrogens is 260 g/mol. The van der Waals surface area contributed by atoms with Crippen LogP contribution in [0.25, 0.3) is 0 Å². The van der Waals surface area contributed by atoms with Crippen LogP contribution in [0.1, 0.15) is 24.8 Å². The van der Waals surface area contributed by atoms with Crippen molar-refractivity contribution in [3.63, 3.8) is 0 Å². The van der Waals surface area contributed by atoms with Crippen molar-refractivity contribution in [2.75, 3.05) is 6.61 Å². The molecule has 0 radical (unpaired) electrons.